The van der Waals surface area contributed by atoms with E-state index in [0.29, 0.717) is 33.9 Å². The lowest BCUT2D eigenvalue weighted by Crippen LogP contribution is -2.15. The Bertz CT molecular complexity index is 1060. The third kappa shape index (κ3) is 4.39. The first-order chi connectivity index (χ1) is 14.6. The van der Waals surface area contributed by atoms with Crippen molar-refractivity contribution in [2.24, 2.45) is 0 Å². The van der Waals surface area contributed by atoms with E-state index in [9.17, 15) is 14.9 Å². The van der Waals surface area contributed by atoms with Crippen molar-refractivity contribution in [3.63, 3.8) is 0 Å². The molecule has 3 aromatic rings. The molecule has 0 saturated heterocycles. The summed E-state index contributed by atoms with van der Waals surface area (Å²) in [6, 6.07) is 18.5. The van der Waals surface area contributed by atoms with Crippen LogP contribution in [0.5, 0.6) is 17.2 Å². The molecule has 0 aromatic heterocycles. The molecule has 8 nitrogen and oxygen atoms in total. The Hall–Kier alpha value is -3.91. The standard InChI is InChI=1S/C22H17NO7/c24-22(15-6-8-20(9-7-15)30-19-4-2-1-3-5-19)28-13-17-11-18(23(25)26)10-16-12-27-14-29-21(16)17/h1-11H,12-14H2. The van der Waals surface area contributed by atoms with Crippen LogP contribution in [0.4, 0.5) is 5.69 Å². The van der Waals surface area contributed by atoms with Crippen LogP contribution in [0.25, 0.3) is 0 Å². The van der Waals surface area contributed by atoms with Crippen LogP contribution in [-0.4, -0.2) is 17.7 Å². The molecule has 0 saturated carbocycles. The first kappa shape index (κ1) is 19.4. The first-order valence-corrected chi connectivity index (χ1v) is 9.11. The molecule has 0 unspecified atom stereocenters. The molecule has 0 amide bonds. The highest BCUT2D eigenvalue weighted by Gasteiger charge is 2.22. The van der Waals surface area contributed by atoms with Gasteiger partial charge in [-0.15, -0.1) is 0 Å². The highest BCUT2D eigenvalue weighted by molar-refractivity contribution is 5.89. The Labute approximate surface area is 171 Å². The quantitative estimate of drug-likeness (QED) is 0.334. The summed E-state index contributed by atoms with van der Waals surface area (Å²) in [7, 11) is 0. The van der Waals surface area contributed by atoms with Crippen LogP contribution in [-0.2, 0) is 22.7 Å². The molecule has 0 aliphatic carbocycles. The van der Waals surface area contributed by atoms with Gasteiger partial charge in [-0.2, -0.15) is 0 Å². The number of non-ortho nitro benzene ring substituents is 1. The van der Waals surface area contributed by atoms with Crippen molar-refractivity contribution in [3.8, 4) is 17.2 Å². The SMILES string of the molecule is O=C(OCc1cc([N+](=O)[O-])cc2c1OCOC2)c1ccc(Oc2ccccc2)cc1. The third-order valence-electron chi connectivity index (χ3n) is 4.41. The molecule has 1 heterocycles. The lowest BCUT2D eigenvalue weighted by atomic mass is 10.1. The third-order valence-corrected chi connectivity index (χ3v) is 4.41. The summed E-state index contributed by atoms with van der Waals surface area (Å²) in [6.07, 6.45) is 0. The van der Waals surface area contributed by atoms with Gasteiger partial charge < -0.3 is 18.9 Å². The number of esters is 1. The van der Waals surface area contributed by atoms with Crippen molar-refractivity contribution in [2.75, 3.05) is 6.79 Å². The Balaban J connectivity index is 1.44. The highest BCUT2D eigenvalue weighted by Crippen LogP contribution is 2.33. The Morgan fingerprint density at radius 2 is 1.77 bits per heavy atom. The summed E-state index contributed by atoms with van der Waals surface area (Å²) in [5, 5.41) is 11.2. The second-order valence-electron chi connectivity index (χ2n) is 6.48. The summed E-state index contributed by atoms with van der Waals surface area (Å²) >= 11 is 0. The molecule has 0 atom stereocenters. The smallest absolute Gasteiger partial charge is 0.338 e. The minimum absolute atomic E-state index is 0.0363. The van der Waals surface area contributed by atoms with Gasteiger partial charge in [0.25, 0.3) is 5.69 Å². The van der Waals surface area contributed by atoms with Gasteiger partial charge in [0.15, 0.2) is 6.79 Å². The molecular formula is C22H17NO7. The maximum Gasteiger partial charge on any atom is 0.338 e. The summed E-state index contributed by atoms with van der Waals surface area (Å²) in [5.41, 5.74) is 1.18. The number of ether oxygens (including phenoxy) is 4. The topological polar surface area (TPSA) is 97.1 Å². The Morgan fingerprint density at radius 3 is 2.50 bits per heavy atom. The van der Waals surface area contributed by atoms with Gasteiger partial charge in [-0.1, -0.05) is 18.2 Å². The van der Waals surface area contributed by atoms with Gasteiger partial charge in [0.2, 0.25) is 0 Å². The predicted octanol–water partition coefficient (Wildman–Crippen LogP) is 4.61. The van der Waals surface area contributed by atoms with Gasteiger partial charge in [-0.3, -0.25) is 10.1 Å². The lowest BCUT2D eigenvalue weighted by molar-refractivity contribution is -0.385. The second-order valence-corrected chi connectivity index (χ2v) is 6.48. The molecule has 30 heavy (non-hydrogen) atoms. The molecule has 8 heteroatoms. The zero-order valence-electron chi connectivity index (χ0n) is 15.8. The van der Waals surface area contributed by atoms with Crippen LogP contribution in [0.15, 0.2) is 66.7 Å². The van der Waals surface area contributed by atoms with Gasteiger partial charge in [0.1, 0.15) is 23.9 Å². The fraction of sp³-hybridized carbons (Fsp3) is 0.136. The molecule has 0 bridgehead atoms. The number of carbonyl (C=O) groups is 1. The number of carbonyl (C=O) groups excluding carboxylic acids is 1. The van der Waals surface area contributed by atoms with Crippen molar-refractivity contribution in [1.82, 2.24) is 0 Å². The van der Waals surface area contributed by atoms with Crippen LogP contribution in [0.3, 0.4) is 0 Å². The van der Waals surface area contributed by atoms with E-state index >= 15 is 0 Å². The number of rotatable bonds is 6. The maximum absolute atomic E-state index is 12.4. The molecule has 1 aliphatic rings. The fourth-order valence-electron chi connectivity index (χ4n) is 3.00. The summed E-state index contributed by atoms with van der Waals surface area (Å²) in [6.45, 7) is 0.0700. The number of nitro benzene ring substituents is 1. The van der Waals surface area contributed by atoms with E-state index < -0.39 is 10.9 Å². The zero-order valence-corrected chi connectivity index (χ0v) is 15.8. The van der Waals surface area contributed by atoms with Gasteiger partial charge in [-0.25, -0.2) is 4.79 Å². The van der Waals surface area contributed by atoms with Gasteiger partial charge in [0, 0.05) is 23.3 Å². The zero-order chi connectivity index (χ0) is 20.9. The Morgan fingerprint density at radius 1 is 1.03 bits per heavy atom. The van der Waals surface area contributed by atoms with E-state index in [2.05, 4.69) is 0 Å². The van der Waals surface area contributed by atoms with Gasteiger partial charge in [-0.05, 0) is 36.4 Å². The maximum atomic E-state index is 12.4. The van der Waals surface area contributed by atoms with Crippen LogP contribution in [0.1, 0.15) is 21.5 Å². The van der Waals surface area contributed by atoms with Gasteiger partial charge >= 0.3 is 5.97 Å². The van der Waals surface area contributed by atoms with Crippen molar-refractivity contribution >= 4 is 11.7 Å². The Kier molecular flexibility index (Phi) is 5.58. The van der Waals surface area contributed by atoms with E-state index in [-0.39, 0.29) is 25.7 Å². The number of fused-ring (bicyclic) bond motifs is 1. The van der Waals surface area contributed by atoms with Crippen molar-refractivity contribution < 1.29 is 28.7 Å². The first-order valence-electron chi connectivity index (χ1n) is 9.11. The molecule has 0 spiro atoms. The number of para-hydroxylation sites is 1. The number of nitro groups is 1. The fourth-order valence-corrected chi connectivity index (χ4v) is 3.00. The molecule has 0 fully saturated rings. The van der Waals surface area contributed by atoms with E-state index in [0.717, 1.165) is 0 Å². The van der Waals surface area contributed by atoms with Crippen molar-refractivity contribution in [2.45, 2.75) is 13.2 Å². The molecule has 0 N–H and O–H groups in total. The molecule has 4 rings (SSSR count). The average Bonchev–Trinajstić information content (AvgIpc) is 2.78. The summed E-state index contributed by atoms with van der Waals surface area (Å²) in [4.78, 5) is 23.1. The van der Waals surface area contributed by atoms with E-state index in [1.807, 2.05) is 30.3 Å². The van der Waals surface area contributed by atoms with Gasteiger partial charge in [0.05, 0.1) is 17.1 Å². The highest BCUT2D eigenvalue weighted by atomic mass is 16.7. The molecular weight excluding hydrogens is 390 g/mol. The molecule has 1 aliphatic heterocycles. The normalized spacial score (nSPS) is 12.4. The van der Waals surface area contributed by atoms with Crippen LogP contribution in [0, 0.1) is 10.1 Å². The largest absolute Gasteiger partial charge is 0.467 e. The monoisotopic (exact) mass is 407 g/mol. The second kappa shape index (κ2) is 8.62. The minimum Gasteiger partial charge on any atom is -0.467 e. The van der Waals surface area contributed by atoms with E-state index in [1.54, 1.807) is 24.3 Å². The summed E-state index contributed by atoms with van der Waals surface area (Å²) < 4.78 is 21.7. The number of hydrogen-bond acceptors (Lipinski definition) is 7. The average molecular weight is 407 g/mol. The van der Waals surface area contributed by atoms with Crippen LogP contribution >= 0.6 is 0 Å². The van der Waals surface area contributed by atoms with Crippen LogP contribution in [0.2, 0.25) is 0 Å². The minimum atomic E-state index is -0.562. The number of benzene rings is 3. The molecule has 152 valence electrons. The van der Waals surface area contributed by atoms with E-state index in [4.69, 9.17) is 18.9 Å². The predicted molar refractivity (Wildman–Crippen MR) is 105 cm³/mol. The van der Waals surface area contributed by atoms with Crippen molar-refractivity contribution in [3.05, 3.63) is 93.5 Å². The summed E-state index contributed by atoms with van der Waals surface area (Å²) in [5.74, 6) is 1.16. The molecule has 0 radical (unpaired) electrons. The number of hydrogen-bond donors (Lipinski definition) is 0. The van der Waals surface area contributed by atoms with Crippen molar-refractivity contribution in [1.29, 1.82) is 0 Å². The van der Waals surface area contributed by atoms with E-state index in [1.165, 1.54) is 12.1 Å². The molecule has 3 aromatic carbocycles. The van der Waals surface area contributed by atoms with Crippen LogP contribution < -0.4 is 9.47 Å². The lowest BCUT2D eigenvalue weighted by Gasteiger charge is -2.20. The number of nitrogens with zero attached hydrogens (tertiary/aromatic N) is 1.